The second kappa shape index (κ2) is 8.97. The molecule has 2 aromatic heterocycles. The van der Waals surface area contributed by atoms with E-state index in [9.17, 15) is 14.4 Å². The standard InChI is InChI=1S/C20H22N2O5S/c1-3-26-20(25)17-14-7-6-12(2)9-15(14)28-18(17)22-16(23)11-27-19(24)13-5-4-8-21-10-13/h4-5,8,10,12H,3,6-7,9,11H2,1-2H3,(H,22,23)/t12-/m0/s1. The zero-order valence-electron chi connectivity index (χ0n) is 15.8. The molecule has 0 unspecified atom stereocenters. The average Bonchev–Trinajstić information content (AvgIpc) is 3.03. The van der Waals surface area contributed by atoms with Gasteiger partial charge in [-0.1, -0.05) is 6.92 Å². The molecule has 2 aromatic rings. The minimum atomic E-state index is -0.631. The Balaban J connectivity index is 1.71. The van der Waals surface area contributed by atoms with Crippen LogP contribution >= 0.6 is 11.3 Å². The average molecular weight is 402 g/mol. The lowest BCUT2D eigenvalue weighted by molar-refractivity contribution is -0.119. The molecule has 148 valence electrons. The molecule has 0 aliphatic heterocycles. The van der Waals surface area contributed by atoms with E-state index in [-0.39, 0.29) is 12.2 Å². The van der Waals surface area contributed by atoms with Gasteiger partial charge in [0.05, 0.1) is 17.7 Å². The van der Waals surface area contributed by atoms with Gasteiger partial charge in [0.15, 0.2) is 6.61 Å². The summed E-state index contributed by atoms with van der Waals surface area (Å²) in [5.41, 5.74) is 1.66. The summed E-state index contributed by atoms with van der Waals surface area (Å²) in [4.78, 5) is 41.6. The van der Waals surface area contributed by atoms with Crippen molar-refractivity contribution in [1.82, 2.24) is 4.98 Å². The van der Waals surface area contributed by atoms with Gasteiger partial charge in [-0.05, 0) is 49.8 Å². The molecule has 1 aliphatic carbocycles. The van der Waals surface area contributed by atoms with E-state index >= 15 is 0 Å². The first kappa shape index (κ1) is 20.0. The van der Waals surface area contributed by atoms with Gasteiger partial charge in [-0.15, -0.1) is 11.3 Å². The lowest BCUT2D eigenvalue weighted by atomic mass is 9.88. The summed E-state index contributed by atoms with van der Waals surface area (Å²) >= 11 is 1.40. The number of amides is 1. The molecule has 0 spiro atoms. The fourth-order valence-electron chi connectivity index (χ4n) is 3.12. The van der Waals surface area contributed by atoms with E-state index in [0.29, 0.717) is 16.5 Å². The third-order valence-corrected chi connectivity index (χ3v) is 5.65. The van der Waals surface area contributed by atoms with Crippen LogP contribution in [0.25, 0.3) is 0 Å². The number of esters is 2. The quantitative estimate of drug-likeness (QED) is 0.746. The number of hydrogen-bond donors (Lipinski definition) is 1. The first-order chi connectivity index (χ1) is 13.5. The van der Waals surface area contributed by atoms with E-state index in [1.54, 1.807) is 25.3 Å². The maximum absolute atomic E-state index is 12.5. The van der Waals surface area contributed by atoms with Crippen molar-refractivity contribution in [3.8, 4) is 0 Å². The summed E-state index contributed by atoms with van der Waals surface area (Å²) in [6.07, 6.45) is 5.56. The molecule has 1 N–H and O–H groups in total. The van der Waals surface area contributed by atoms with E-state index in [0.717, 1.165) is 29.7 Å². The SMILES string of the molecule is CCOC(=O)c1c(NC(=O)COC(=O)c2cccnc2)sc2c1CC[C@H](C)C2. The van der Waals surface area contributed by atoms with E-state index < -0.39 is 24.5 Å². The van der Waals surface area contributed by atoms with Gasteiger partial charge in [-0.3, -0.25) is 9.78 Å². The van der Waals surface area contributed by atoms with Gasteiger partial charge in [0.1, 0.15) is 5.00 Å². The Kier molecular flexibility index (Phi) is 6.41. The van der Waals surface area contributed by atoms with Crippen LogP contribution in [0.4, 0.5) is 5.00 Å². The molecule has 1 aliphatic rings. The minimum Gasteiger partial charge on any atom is -0.462 e. The third kappa shape index (κ3) is 4.56. The zero-order chi connectivity index (χ0) is 20.1. The summed E-state index contributed by atoms with van der Waals surface area (Å²) in [6, 6.07) is 3.17. The molecule has 0 aromatic carbocycles. The molecule has 2 heterocycles. The van der Waals surface area contributed by atoms with Gasteiger partial charge in [-0.2, -0.15) is 0 Å². The summed E-state index contributed by atoms with van der Waals surface area (Å²) in [5.74, 6) is -1.04. The van der Waals surface area contributed by atoms with Crippen LogP contribution < -0.4 is 5.32 Å². The van der Waals surface area contributed by atoms with Gasteiger partial charge in [0, 0.05) is 17.3 Å². The normalized spacial score (nSPS) is 15.4. The van der Waals surface area contributed by atoms with Crippen LogP contribution in [0.3, 0.4) is 0 Å². The van der Waals surface area contributed by atoms with Crippen molar-refractivity contribution in [2.24, 2.45) is 5.92 Å². The van der Waals surface area contributed by atoms with E-state index in [4.69, 9.17) is 9.47 Å². The second-order valence-corrected chi connectivity index (χ2v) is 7.75. The Morgan fingerprint density at radius 3 is 2.82 bits per heavy atom. The largest absolute Gasteiger partial charge is 0.462 e. The Morgan fingerprint density at radius 2 is 2.11 bits per heavy atom. The van der Waals surface area contributed by atoms with Crippen molar-refractivity contribution in [3.05, 3.63) is 46.1 Å². The Hall–Kier alpha value is -2.74. The number of carbonyl (C=O) groups excluding carboxylic acids is 3. The first-order valence-corrected chi connectivity index (χ1v) is 9.99. The number of nitrogens with one attached hydrogen (secondary N) is 1. The predicted molar refractivity (Wildman–Crippen MR) is 105 cm³/mol. The van der Waals surface area contributed by atoms with Crippen molar-refractivity contribution >= 4 is 34.2 Å². The molecule has 28 heavy (non-hydrogen) atoms. The maximum Gasteiger partial charge on any atom is 0.341 e. The molecule has 8 heteroatoms. The molecule has 0 saturated carbocycles. The number of rotatable bonds is 6. The molecular weight excluding hydrogens is 380 g/mol. The van der Waals surface area contributed by atoms with Gasteiger partial charge < -0.3 is 14.8 Å². The third-order valence-electron chi connectivity index (χ3n) is 4.48. The van der Waals surface area contributed by atoms with Crippen LogP contribution in [0.1, 0.15) is 51.4 Å². The summed E-state index contributed by atoms with van der Waals surface area (Å²) < 4.78 is 10.2. The van der Waals surface area contributed by atoms with E-state index in [1.807, 2.05) is 0 Å². The zero-order valence-corrected chi connectivity index (χ0v) is 16.6. The first-order valence-electron chi connectivity index (χ1n) is 9.18. The van der Waals surface area contributed by atoms with Crippen LogP contribution in [0.5, 0.6) is 0 Å². The number of nitrogens with zero attached hydrogens (tertiary/aromatic N) is 1. The van der Waals surface area contributed by atoms with Gasteiger partial charge in [0.25, 0.3) is 5.91 Å². The number of carbonyl (C=O) groups is 3. The fraction of sp³-hybridized carbons (Fsp3) is 0.400. The predicted octanol–water partition coefficient (Wildman–Crippen LogP) is 3.24. The van der Waals surface area contributed by atoms with Crippen LogP contribution in [-0.4, -0.2) is 36.0 Å². The lowest BCUT2D eigenvalue weighted by Crippen LogP contribution is -2.22. The molecule has 0 saturated heterocycles. The maximum atomic E-state index is 12.5. The van der Waals surface area contributed by atoms with Gasteiger partial charge in [0.2, 0.25) is 0 Å². The molecule has 7 nitrogen and oxygen atoms in total. The Labute approximate surface area is 167 Å². The molecule has 1 amide bonds. The summed E-state index contributed by atoms with van der Waals surface area (Å²) in [5, 5.41) is 3.17. The van der Waals surface area contributed by atoms with Crippen molar-refractivity contribution in [2.45, 2.75) is 33.1 Å². The van der Waals surface area contributed by atoms with Crippen molar-refractivity contribution in [2.75, 3.05) is 18.5 Å². The number of pyridine rings is 1. The lowest BCUT2D eigenvalue weighted by Gasteiger charge is -2.18. The number of ether oxygens (including phenoxy) is 2. The Bertz CT molecular complexity index is 878. The monoisotopic (exact) mass is 402 g/mol. The number of thiophene rings is 1. The second-order valence-electron chi connectivity index (χ2n) is 6.64. The summed E-state index contributed by atoms with van der Waals surface area (Å²) in [7, 11) is 0. The molecular formula is C20H22N2O5S. The highest BCUT2D eigenvalue weighted by molar-refractivity contribution is 7.17. The topological polar surface area (TPSA) is 94.6 Å². The van der Waals surface area contributed by atoms with E-state index in [2.05, 4.69) is 17.2 Å². The molecule has 0 fully saturated rings. The van der Waals surface area contributed by atoms with Crippen molar-refractivity contribution < 1.29 is 23.9 Å². The highest BCUT2D eigenvalue weighted by atomic mass is 32.1. The smallest absolute Gasteiger partial charge is 0.341 e. The van der Waals surface area contributed by atoms with Crippen LogP contribution in [-0.2, 0) is 27.1 Å². The van der Waals surface area contributed by atoms with Crippen molar-refractivity contribution in [3.63, 3.8) is 0 Å². The van der Waals surface area contributed by atoms with Gasteiger partial charge >= 0.3 is 11.9 Å². The molecule has 0 radical (unpaired) electrons. The van der Waals surface area contributed by atoms with Crippen molar-refractivity contribution in [1.29, 1.82) is 0 Å². The van der Waals surface area contributed by atoms with Crippen LogP contribution in [0, 0.1) is 5.92 Å². The van der Waals surface area contributed by atoms with Crippen LogP contribution in [0.15, 0.2) is 24.5 Å². The minimum absolute atomic E-state index is 0.260. The van der Waals surface area contributed by atoms with Gasteiger partial charge in [-0.25, -0.2) is 9.59 Å². The number of hydrogen-bond acceptors (Lipinski definition) is 7. The molecule has 0 bridgehead atoms. The highest BCUT2D eigenvalue weighted by Gasteiger charge is 2.29. The number of fused-ring (bicyclic) bond motifs is 1. The van der Waals surface area contributed by atoms with E-state index in [1.165, 1.54) is 17.5 Å². The number of anilines is 1. The molecule has 1 atom stereocenters. The number of aromatic nitrogens is 1. The van der Waals surface area contributed by atoms with Crippen LogP contribution in [0.2, 0.25) is 0 Å². The Morgan fingerprint density at radius 1 is 1.29 bits per heavy atom. The highest BCUT2D eigenvalue weighted by Crippen LogP contribution is 2.40. The summed E-state index contributed by atoms with van der Waals surface area (Å²) in [6.45, 7) is 3.72. The fourth-order valence-corrected chi connectivity index (χ4v) is 4.53. The molecule has 3 rings (SSSR count).